The molecule has 3 heterocycles. The van der Waals surface area contributed by atoms with Gasteiger partial charge in [-0.25, -0.2) is 4.68 Å². The number of ether oxygens (including phenoxy) is 2. The number of piperidine rings is 1. The SMILES string of the molecule is COc1nc(Oc2cccc(C=C(C#N)c3nn(-c4ccccc4)c(N)c3C#N)c2)nc(N2CCCCC2)n1. The van der Waals surface area contributed by atoms with Crippen LogP contribution in [0.5, 0.6) is 17.8 Å². The second-order valence-corrected chi connectivity index (χ2v) is 8.76. The first-order chi connectivity index (χ1) is 19.1. The molecule has 1 fully saturated rings. The number of hydrogen-bond acceptors (Lipinski definition) is 10. The molecule has 1 aliphatic heterocycles. The Morgan fingerprint density at radius 2 is 1.74 bits per heavy atom. The number of methoxy groups -OCH3 is 1. The number of nitrogens with zero attached hydrogens (tertiary/aromatic N) is 8. The molecule has 1 saturated heterocycles. The number of nitrogen functional groups attached to an aromatic ring is 1. The summed E-state index contributed by atoms with van der Waals surface area (Å²) in [4.78, 5) is 15.2. The van der Waals surface area contributed by atoms with Crippen molar-refractivity contribution in [1.82, 2.24) is 24.7 Å². The van der Waals surface area contributed by atoms with Crippen LogP contribution in [0.3, 0.4) is 0 Å². The van der Waals surface area contributed by atoms with E-state index in [9.17, 15) is 10.5 Å². The van der Waals surface area contributed by atoms with E-state index in [4.69, 9.17) is 15.2 Å². The molecule has 0 atom stereocenters. The smallest absolute Gasteiger partial charge is 0.330 e. The van der Waals surface area contributed by atoms with Gasteiger partial charge in [-0.3, -0.25) is 0 Å². The van der Waals surface area contributed by atoms with E-state index in [-0.39, 0.29) is 34.7 Å². The van der Waals surface area contributed by atoms with Crippen LogP contribution in [0.1, 0.15) is 36.1 Å². The lowest BCUT2D eigenvalue weighted by molar-refractivity contribution is 0.358. The zero-order valence-corrected chi connectivity index (χ0v) is 21.3. The van der Waals surface area contributed by atoms with Gasteiger partial charge in [0.1, 0.15) is 35.0 Å². The van der Waals surface area contributed by atoms with Crippen LogP contribution in [0.2, 0.25) is 0 Å². The molecule has 2 N–H and O–H groups in total. The van der Waals surface area contributed by atoms with Crippen molar-refractivity contribution < 1.29 is 9.47 Å². The van der Waals surface area contributed by atoms with Gasteiger partial charge in [-0.2, -0.15) is 25.6 Å². The van der Waals surface area contributed by atoms with E-state index < -0.39 is 0 Å². The first-order valence-electron chi connectivity index (χ1n) is 12.4. The minimum Gasteiger partial charge on any atom is -0.467 e. The number of nitriles is 2. The van der Waals surface area contributed by atoms with Gasteiger partial charge in [0.2, 0.25) is 5.95 Å². The molecule has 2 aromatic heterocycles. The van der Waals surface area contributed by atoms with Crippen molar-refractivity contribution >= 4 is 23.4 Å². The Balaban J connectivity index is 1.45. The van der Waals surface area contributed by atoms with Gasteiger partial charge >= 0.3 is 12.0 Å². The second-order valence-electron chi connectivity index (χ2n) is 8.76. The molecule has 0 amide bonds. The summed E-state index contributed by atoms with van der Waals surface area (Å²) in [6.07, 6.45) is 4.95. The van der Waals surface area contributed by atoms with Gasteiger partial charge in [0.05, 0.1) is 18.4 Å². The van der Waals surface area contributed by atoms with Crippen molar-refractivity contribution in [1.29, 1.82) is 10.5 Å². The zero-order valence-electron chi connectivity index (χ0n) is 21.3. The molecule has 0 aliphatic carbocycles. The van der Waals surface area contributed by atoms with E-state index in [2.05, 4.69) is 37.1 Å². The quantitative estimate of drug-likeness (QED) is 0.348. The van der Waals surface area contributed by atoms with E-state index in [0.29, 0.717) is 22.9 Å². The highest BCUT2D eigenvalue weighted by molar-refractivity contribution is 5.91. The van der Waals surface area contributed by atoms with Crippen LogP contribution in [0.15, 0.2) is 54.6 Å². The molecule has 0 unspecified atom stereocenters. The highest BCUT2D eigenvalue weighted by Crippen LogP contribution is 2.29. The molecule has 11 nitrogen and oxygen atoms in total. The minimum absolute atomic E-state index is 0.102. The van der Waals surface area contributed by atoms with Crippen LogP contribution in [0, 0.1) is 22.7 Å². The normalized spacial score (nSPS) is 13.4. The fourth-order valence-corrected chi connectivity index (χ4v) is 4.29. The standard InChI is InChI=1S/C28H25N9O2/c1-38-27-32-26(36-13-6-3-7-14-36)33-28(34-27)39-22-12-8-9-19(16-22)15-20(17-29)24-23(18-30)25(31)37(35-24)21-10-4-2-5-11-21/h2,4-5,8-12,15-16H,3,6-7,13-14,31H2,1H3. The van der Waals surface area contributed by atoms with Crippen LogP contribution in [-0.4, -0.2) is 44.9 Å². The number of anilines is 2. The van der Waals surface area contributed by atoms with Crippen molar-refractivity contribution in [2.45, 2.75) is 19.3 Å². The Morgan fingerprint density at radius 1 is 0.974 bits per heavy atom. The van der Waals surface area contributed by atoms with E-state index >= 15 is 0 Å². The molecule has 5 rings (SSSR count). The van der Waals surface area contributed by atoms with Crippen LogP contribution >= 0.6 is 0 Å². The Labute approximate surface area is 225 Å². The third-order valence-corrected chi connectivity index (χ3v) is 6.19. The van der Waals surface area contributed by atoms with Gasteiger partial charge in [0, 0.05) is 13.1 Å². The summed E-state index contributed by atoms with van der Waals surface area (Å²) >= 11 is 0. The Bertz CT molecular complexity index is 1590. The highest BCUT2D eigenvalue weighted by Gasteiger charge is 2.20. The number of allylic oxidation sites excluding steroid dienone is 1. The van der Waals surface area contributed by atoms with E-state index in [1.807, 2.05) is 30.3 Å². The minimum atomic E-state index is 0.102. The van der Waals surface area contributed by atoms with Gasteiger partial charge in [-0.1, -0.05) is 30.3 Å². The lowest BCUT2D eigenvalue weighted by atomic mass is 10.1. The summed E-state index contributed by atoms with van der Waals surface area (Å²) in [6, 6.07) is 20.7. The molecular formula is C28H25N9O2. The monoisotopic (exact) mass is 519 g/mol. The number of para-hydroxylation sites is 1. The van der Waals surface area contributed by atoms with Gasteiger partial charge in [0.15, 0.2) is 0 Å². The molecule has 11 heteroatoms. The van der Waals surface area contributed by atoms with Crippen LogP contribution in [-0.2, 0) is 0 Å². The molecule has 4 aromatic rings. The first kappa shape index (κ1) is 25.2. The van der Waals surface area contributed by atoms with Gasteiger partial charge < -0.3 is 20.1 Å². The third-order valence-electron chi connectivity index (χ3n) is 6.19. The van der Waals surface area contributed by atoms with E-state index in [1.54, 1.807) is 30.3 Å². The molecular weight excluding hydrogens is 494 g/mol. The van der Waals surface area contributed by atoms with Crippen molar-refractivity contribution in [2.75, 3.05) is 30.8 Å². The largest absolute Gasteiger partial charge is 0.467 e. The van der Waals surface area contributed by atoms with E-state index in [1.165, 1.54) is 18.2 Å². The summed E-state index contributed by atoms with van der Waals surface area (Å²) in [5, 5.41) is 24.2. The molecule has 194 valence electrons. The molecule has 1 aliphatic rings. The number of nitrogens with two attached hydrogens (primary N) is 1. The number of rotatable bonds is 7. The fraction of sp³-hybridized carbons (Fsp3) is 0.214. The summed E-state index contributed by atoms with van der Waals surface area (Å²) in [5.74, 6) is 1.12. The Hall–Kier alpha value is -5.42. The zero-order chi connectivity index (χ0) is 27.2. The van der Waals surface area contributed by atoms with Gasteiger partial charge in [-0.15, -0.1) is 4.98 Å². The average Bonchev–Trinajstić information content (AvgIpc) is 3.32. The lowest BCUT2D eigenvalue weighted by Crippen LogP contribution is -2.31. The summed E-state index contributed by atoms with van der Waals surface area (Å²) < 4.78 is 12.7. The number of hydrogen-bond donors (Lipinski definition) is 1. The van der Waals surface area contributed by atoms with Crippen molar-refractivity contribution in [3.63, 3.8) is 0 Å². The molecule has 0 saturated carbocycles. The summed E-state index contributed by atoms with van der Waals surface area (Å²) in [6.45, 7) is 1.72. The van der Waals surface area contributed by atoms with Crippen molar-refractivity contribution in [2.24, 2.45) is 0 Å². The van der Waals surface area contributed by atoms with Gasteiger partial charge in [0.25, 0.3) is 0 Å². The maximum atomic E-state index is 9.95. The molecule has 0 radical (unpaired) electrons. The van der Waals surface area contributed by atoms with Crippen molar-refractivity contribution in [3.8, 4) is 35.6 Å². The predicted molar refractivity (Wildman–Crippen MR) is 145 cm³/mol. The maximum Gasteiger partial charge on any atom is 0.330 e. The topological polar surface area (TPSA) is 152 Å². The first-order valence-corrected chi connectivity index (χ1v) is 12.4. The third kappa shape index (κ3) is 5.48. The highest BCUT2D eigenvalue weighted by atomic mass is 16.5. The number of benzene rings is 2. The molecule has 0 spiro atoms. The summed E-state index contributed by atoms with van der Waals surface area (Å²) in [7, 11) is 1.50. The number of aromatic nitrogens is 5. The lowest BCUT2D eigenvalue weighted by Gasteiger charge is -2.26. The fourth-order valence-electron chi connectivity index (χ4n) is 4.29. The predicted octanol–water partition coefficient (Wildman–Crippen LogP) is 4.37. The van der Waals surface area contributed by atoms with E-state index in [0.717, 1.165) is 25.9 Å². The van der Waals surface area contributed by atoms with Crippen LogP contribution in [0.4, 0.5) is 11.8 Å². The van der Waals surface area contributed by atoms with Crippen LogP contribution < -0.4 is 20.1 Å². The average molecular weight is 520 g/mol. The Kier molecular flexibility index (Phi) is 7.32. The van der Waals surface area contributed by atoms with Crippen LogP contribution in [0.25, 0.3) is 17.3 Å². The molecule has 39 heavy (non-hydrogen) atoms. The van der Waals surface area contributed by atoms with Gasteiger partial charge in [-0.05, 0) is 55.2 Å². The molecule has 0 bridgehead atoms. The maximum absolute atomic E-state index is 9.95. The summed E-state index contributed by atoms with van der Waals surface area (Å²) in [5.41, 5.74) is 8.06. The Morgan fingerprint density at radius 3 is 2.46 bits per heavy atom. The molecule has 2 aromatic carbocycles. The van der Waals surface area contributed by atoms with Crippen molar-refractivity contribution in [3.05, 3.63) is 71.4 Å². The second kappa shape index (κ2) is 11.3.